The van der Waals surface area contributed by atoms with E-state index in [1.165, 1.54) is 36.5 Å². The van der Waals surface area contributed by atoms with Crippen LogP contribution in [-0.4, -0.2) is 79.3 Å². The summed E-state index contributed by atoms with van der Waals surface area (Å²) in [5.41, 5.74) is 3.99. The van der Waals surface area contributed by atoms with Crippen LogP contribution in [0.1, 0.15) is 109 Å². The predicted molar refractivity (Wildman–Crippen MR) is 268 cm³/mol. The number of benzene rings is 3. The van der Waals surface area contributed by atoms with E-state index in [2.05, 4.69) is 34.3 Å². The molecule has 376 valence electrons. The van der Waals surface area contributed by atoms with E-state index in [0.717, 1.165) is 16.7 Å². The number of likely N-dealkylation sites (tertiary alicyclic amines) is 2. The monoisotopic (exact) mass is 983 g/mol. The minimum atomic E-state index is -0.629. The minimum absolute atomic E-state index is 0.00619. The second kappa shape index (κ2) is 21.9. The number of rotatable bonds is 9. The molecule has 4 aromatic heterocycles. The molecule has 3 aromatic carbocycles. The van der Waals surface area contributed by atoms with Crippen LogP contribution < -0.4 is 5.32 Å². The lowest BCUT2D eigenvalue weighted by molar-refractivity contribution is 0.0189. The minimum Gasteiger partial charge on any atom is -0.444 e. The molecule has 0 saturated carbocycles. The molecule has 0 aliphatic carbocycles. The highest BCUT2D eigenvalue weighted by Crippen LogP contribution is 2.40. The van der Waals surface area contributed by atoms with Crippen LogP contribution in [0, 0.1) is 17.6 Å². The molecule has 13 nitrogen and oxygen atoms in total. The van der Waals surface area contributed by atoms with Crippen molar-refractivity contribution in [2.75, 3.05) is 31.5 Å². The van der Waals surface area contributed by atoms with E-state index >= 15 is 0 Å². The Hall–Kier alpha value is -7.49. The molecule has 1 atom stereocenters. The molecular weight excluding hydrogens is 924 g/mol. The molecule has 0 radical (unpaired) electrons. The molecule has 2 aliphatic heterocycles. The molecule has 2 fully saturated rings. The zero-order valence-electron chi connectivity index (χ0n) is 41.6. The Morgan fingerprint density at radius 3 is 1.46 bits per heavy atom. The van der Waals surface area contributed by atoms with Gasteiger partial charge in [-0.1, -0.05) is 30.3 Å². The van der Waals surface area contributed by atoms with Crippen molar-refractivity contribution < 1.29 is 41.1 Å². The molecule has 0 unspecified atom stereocenters. The number of halogens is 3. The molecule has 1 N–H and O–H groups in total. The largest absolute Gasteiger partial charge is 0.444 e. The molecule has 7 aromatic rings. The van der Waals surface area contributed by atoms with E-state index in [1.54, 1.807) is 46.3 Å². The summed E-state index contributed by atoms with van der Waals surface area (Å²) < 4.78 is 64.5. The fourth-order valence-electron chi connectivity index (χ4n) is 8.53. The fourth-order valence-corrected chi connectivity index (χ4v) is 8.53. The Bertz CT molecular complexity index is 2930. The third kappa shape index (κ3) is 13.1. The normalized spacial score (nSPS) is 15.1. The topological polar surface area (TPSA) is 149 Å². The number of nitrogens with one attached hydrogen (secondary N) is 1. The molecule has 9 rings (SSSR count). The van der Waals surface area contributed by atoms with Crippen molar-refractivity contribution in [1.29, 1.82) is 0 Å². The summed E-state index contributed by atoms with van der Waals surface area (Å²) in [6, 6.07) is 29.2. The van der Waals surface area contributed by atoms with E-state index in [1.807, 2.05) is 71.9 Å². The number of ether oxygens (including phenoxy) is 2. The Balaban J connectivity index is 0.000000197. The SMILES string of the molecule is CC(C)(C)OC(=O)N1CCC(c2nc(-c3ccc(F)cc3)c(-c3ccnc(F)c3)o2)CC1.C[C@H](Nc1cc(-c2oc(C3CCN(C(=O)OC(C)(C)C)CC3)nc2-c2ccc(F)cc2)ccn1)c1ccccc1. The number of carbonyl (C=O) groups excluding carboxylic acids is 2. The van der Waals surface area contributed by atoms with E-state index in [-0.39, 0.29) is 41.7 Å². The average Bonchev–Trinajstić information content (AvgIpc) is 4.01. The average molecular weight is 984 g/mol. The number of anilines is 1. The Morgan fingerprint density at radius 2 is 1.03 bits per heavy atom. The van der Waals surface area contributed by atoms with Crippen molar-refractivity contribution in [3.05, 3.63) is 150 Å². The van der Waals surface area contributed by atoms with Gasteiger partial charge in [0.15, 0.2) is 23.3 Å². The van der Waals surface area contributed by atoms with Gasteiger partial charge in [0.25, 0.3) is 0 Å². The number of nitrogens with zero attached hydrogens (tertiary/aromatic N) is 6. The van der Waals surface area contributed by atoms with Crippen molar-refractivity contribution in [3.8, 4) is 45.2 Å². The van der Waals surface area contributed by atoms with Gasteiger partial charge in [-0.15, -0.1) is 0 Å². The zero-order chi connectivity index (χ0) is 51.2. The zero-order valence-corrected chi connectivity index (χ0v) is 41.6. The van der Waals surface area contributed by atoms with Gasteiger partial charge in [0.2, 0.25) is 5.95 Å². The van der Waals surface area contributed by atoms with Crippen molar-refractivity contribution >= 4 is 18.0 Å². The number of pyridine rings is 2. The van der Waals surface area contributed by atoms with Crippen molar-refractivity contribution in [2.24, 2.45) is 0 Å². The molecule has 16 heteroatoms. The van der Waals surface area contributed by atoms with Gasteiger partial charge < -0.3 is 33.4 Å². The first-order valence-corrected chi connectivity index (χ1v) is 24.2. The lowest BCUT2D eigenvalue weighted by Gasteiger charge is -2.32. The lowest BCUT2D eigenvalue weighted by atomic mass is 9.97. The molecule has 2 amide bonds. The van der Waals surface area contributed by atoms with Gasteiger partial charge in [0.1, 0.15) is 40.0 Å². The molecule has 0 bridgehead atoms. The maximum absolute atomic E-state index is 13.8. The third-order valence-electron chi connectivity index (χ3n) is 12.2. The molecule has 72 heavy (non-hydrogen) atoms. The maximum Gasteiger partial charge on any atom is 0.410 e. The first-order chi connectivity index (χ1) is 34.4. The van der Waals surface area contributed by atoms with Gasteiger partial charge in [0.05, 0.1) is 0 Å². The van der Waals surface area contributed by atoms with E-state index in [0.29, 0.717) is 103 Å². The second-order valence-corrected chi connectivity index (χ2v) is 20.0. The summed E-state index contributed by atoms with van der Waals surface area (Å²) in [5, 5.41) is 3.46. The van der Waals surface area contributed by atoms with Gasteiger partial charge in [-0.2, -0.15) is 4.39 Å². The van der Waals surface area contributed by atoms with Crippen molar-refractivity contribution in [2.45, 2.75) is 103 Å². The van der Waals surface area contributed by atoms with Crippen molar-refractivity contribution in [3.63, 3.8) is 0 Å². The molecule has 6 heterocycles. The number of hydrogen-bond acceptors (Lipinski definition) is 11. The summed E-state index contributed by atoms with van der Waals surface area (Å²) in [7, 11) is 0. The van der Waals surface area contributed by atoms with Crippen LogP contribution in [0.15, 0.2) is 124 Å². The highest BCUT2D eigenvalue weighted by molar-refractivity contribution is 5.79. The first kappa shape index (κ1) is 50.9. The lowest BCUT2D eigenvalue weighted by Crippen LogP contribution is -2.41. The molecule has 2 aliphatic rings. The van der Waals surface area contributed by atoms with Crippen LogP contribution in [-0.2, 0) is 9.47 Å². The number of aromatic nitrogens is 4. The molecular formula is C56H60F3N7O6. The van der Waals surface area contributed by atoms with Crippen LogP contribution in [0.25, 0.3) is 45.2 Å². The van der Waals surface area contributed by atoms with E-state index < -0.39 is 17.1 Å². The number of piperidine rings is 2. The number of carbonyl (C=O) groups is 2. The summed E-state index contributed by atoms with van der Waals surface area (Å²) in [5.74, 6) is 1.59. The van der Waals surface area contributed by atoms with Crippen LogP contribution in [0.4, 0.5) is 28.6 Å². The Morgan fingerprint density at radius 1 is 0.597 bits per heavy atom. The fraction of sp³-hybridized carbons (Fsp3) is 0.357. The Labute approximate surface area is 417 Å². The standard InChI is InChI=1S/C32H35FN4O3.C24H25F2N3O3/c1-21(22-8-6-5-7-9-22)35-27-20-25(14-17-34-27)29-28(23-10-12-26(33)13-11-23)36-30(39-29)24-15-18-37(19-16-24)31(38)40-32(2,3)4;1-24(2,3)32-23(30)29-12-9-16(10-13-29)22-28-20(15-4-6-18(25)7-5-15)21(31-22)17-8-11-27-19(26)14-17/h5-14,17,20-21,24H,15-16,18-19H2,1-4H3,(H,34,35);4-8,11,14,16H,9-10,12-13H2,1-3H3/t21-;/m0./s1. The summed E-state index contributed by atoms with van der Waals surface area (Å²) in [6.45, 7) is 15.4. The number of hydrogen-bond donors (Lipinski definition) is 1. The third-order valence-corrected chi connectivity index (χ3v) is 12.2. The van der Waals surface area contributed by atoms with Gasteiger partial charge in [0, 0.05) is 84.8 Å². The maximum atomic E-state index is 13.8. The molecule has 2 saturated heterocycles. The van der Waals surface area contributed by atoms with E-state index in [4.69, 9.17) is 28.3 Å². The summed E-state index contributed by atoms with van der Waals surface area (Å²) >= 11 is 0. The highest BCUT2D eigenvalue weighted by Gasteiger charge is 2.33. The van der Waals surface area contributed by atoms with Gasteiger partial charge >= 0.3 is 12.2 Å². The first-order valence-electron chi connectivity index (χ1n) is 24.2. The van der Waals surface area contributed by atoms with Crippen LogP contribution in [0.5, 0.6) is 0 Å². The van der Waals surface area contributed by atoms with E-state index in [9.17, 15) is 22.8 Å². The van der Waals surface area contributed by atoms with Crippen molar-refractivity contribution in [1.82, 2.24) is 29.7 Å². The van der Waals surface area contributed by atoms with Gasteiger partial charge in [-0.05, 0) is 146 Å². The van der Waals surface area contributed by atoms with Crippen LogP contribution in [0.3, 0.4) is 0 Å². The smallest absolute Gasteiger partial charge is 0.410 e. The summed E-state index contributed by atoms with van der Waals surface area (Å²) in [6.07, 6.45) is 5.21. The molecule has 0 spiro atoms. The predicted octanol–water partition coefficient (Wildman–Crippen LogP) is 13.6. The summed E-state index contributed by atoms with van der Waals surface area (Å²) in [4.78, 5) is 46.0. The van der Waals surface area contributed by atoms with Gasteiger partial charge in [-0.3, -0.25) is 0 Å². The highest BCUT2D eigenvalue weighted by atomic mass is 19.1. The van der Waals surface area contributed by atoms with Crippen LogP contribution in [0.2, 0.25) is 0 Å². The number of oxazole rings is 2. The van der Waals surface area contributed by atoms with Crippen LogP contribution >= 0.6 is 0 Å². The Kier molecular flexibility index (Phi) is 15.5. The second-order valence-electron chi connectivity index (χ2n) is 20.0. The van der Waals surface area contributed by atoms with Gasteiger partial charge in [-0.25, -0.2) is 38.3 Å². The quantitative estimate of drug-likeness (QED) is 0.138. The number of amides is 2.